The third-order valence-corrected chi connectivity index (χ3v) is 5.38. The standard InChI is InChI=1S/C22H22ClFN4/c23-21-11-18(20(25)13-26-21)19-10-17(12-27-22(19)24)16-6-4-15(5-7-16)14-28-8-2-1-3-9-28/h4-7,10-13H,1-3,8-9,14,25H2. The van der Waals surface area contributed by atoms with E-state index in [2.05, 4.69) is 39.1 Å². The predicted octanol–water partition coefficient (Wildman–Crippen LogP) is 5.17. The number of anilines is 1. The van der Waals surface area contributed by atoms with E-state index in [4.69, 9.17) is 17.3 Å². The van der Waals surface area contributed by atoms with Crippen LogP contribution in [0.15, 0.2) is 48.8 Å². The van der Waals surface area contributed by atoms with Crippen LogP contribution in [0.1, 0.15) is 24.8 Å². The molecule has 0 spiro atoms. The Morgan fingerprint density at radius 2 is 1.68 bits per heavy atom. The number of hydrogen-bond donors (Lipinski definition) is 1. The van der Waals surface area contributed by atoms with Gasteiger partial charge < -0.3 is 5.73 Å². The van der Waals surface area contributed by atoms with Crippen molar-refractivity contribution in [1.29, 1.82) is 0 Å². The van der Waals surface area contributed by atoms with Crippen LogP contribution in [0.25, 0.3) is 22.3 Å². The summed E-state index contributed by atoms with van der Waals surface area (Å²) >= 11 is 5.96. The third-order valence-electron chi connectivity index (χ3n) is 5.17. The molecule has 0 bridgehead atoms. The monoisotopic (exact) mass is 396 g/mol. The molecule has 0 radical (unpaired) electrons. The molecular formula is C22H22ClFN4. The molecule has 144 valence electrons. The molecule has 1 aliphatic heterocycles. The second-order valence-corrected chi connectivity index (χ2v) is 7.58. The van der Waals surface area contributed by atoms with Gasteiger partial charge in [0.15, 0.2) is 0 Å². The lowest BCUT2D eigenvalue weighted by molar-refractivity contribution is 0.221. The van der Waals surface area contributed by atoms with Crippen molar-refractivity contribution in [2.45, 2.75) is 25.8 Å². The van der Waals surface area contributed by atoms with Crippen LogP contribution >= 0.6 is 11.6 Å². The zero-order valence-electron chi connectivity index (χ0n) is 15.5. The highest BCUT2D eigenvalue weighted by atomic mass is 35.5. The quantitative estimate of drug-likeness (QED) is 0.618. The number of halogens is 2. The van der Waals surface area contributed by atoms with Crippen LogP contribution in [0.2, 0.25) is 5.15 Å². The molecule has 0 atom stereocenters. The summed E-state index contributed by atoms with van der Waals surface area (Å²) in [6.07, 6.45) is 6.87. The Morgan fingerprint density at radius 1 is 0.929 bits per heavy atom. The van der Waals surface area contributed by atoms with Gasteiger partial charge in [0.1, 0.15) is 5.15 Å². The first kappa shape index (κ1) is 18.8. The Labute approximate surface area is 169 Å². The molecular weight excluding hydrogens is 375 g/mol. The van der Waals surface area contributed by atoms with Crippen LogP contribution in [0.5, 0.6) is 0 Å². The van der Waals surface area contributed by atoms with Crippen LogP contribution in [0.4, 0.5) is 10.1 Å². The maximum atomic E-state index is 14.4. The molecule has 3 aromatic rings. The zero-order chi connectivity index (χ0) is 19.5. The Balaban J connectivity index is 1.60. The lowest BCUT2D eigenvalue weighted by atomic mass is 10.0. The molecule has 2 aromatic heterocycles. The topological polar surface area (TPSA) is 55.0 Å². The smallest absolute Gasteiger partial charge is 0.220 e. The highest BCUT2D eigenvalue weighted by molar-refractivity contribution is 6.29. The molecule has 2 N–H and O–H groups in total. The Morgan fingerprint density at radius 3 is 2.43 bits per heavy atom. The summed E-state index contributed by atoms with van der Waals surface area (Å²) in [5, 5.41) is 0.260. The number of aromatic nitrogens is 2. The minimum Gasteiger partial charge on any atom is -0.397 e. The number of benzene rings is 1. The number of likely N-dealkylation sites (tertiary alicyclic amines) is 1. The van der Waals surface area contributed by atoms with Crippen molar-refractivity contribution in [3.05, 3.63) is 65.5 Å². The molecule has 1 fully saturated rings. The van der Waals surface area contributed by atoms with E-state index in [1.54, 1.807) is 12.1 Å². The molecule has 0 saturated carbocycles. The average Bonchev–Trinajstić information content (AvgIpc) is 2.72. The summed E-state index contributed by atoms with van der Waals surface area (Å²) in [7, 11) is 0. The van der Waals surface area contributed by atoms with Gasteiger partial charge >= 0.3 is 0 Å². The van der Waals surface area contributed by atoms with Crippen molar-refractivity contribution in [1.82, 2.24) is 14.9 Å². The van der Waals surface area contributed by atoms with E-state index in [1.807, 2.05) is 0 Å². The molecule has 0 unspecified atom stereocenters. The number of pyridine rings is 2. The lowest BCUT2D eigenvalue weighted by Gasteiger charge is -2.26. The van der Waals surface area contributed by atoms with Gasteiger partial charge in [-0.05, 0) is 49.2 Å². The van der Waals surface area contributed by atoms with E-state index in [9.17, 15) is 4.39 Å². The van der Waals surface area contributed by atoms with Gasteiger partial charge in [0.25, 0.3) is 0 Å². The van der Waals surface area contributed by atoms with Gasteiger partial charge in [-0.3, -0.25) is 4.90 Å². The summed E-state index contributed by atoms with van der Waals surface area (Å²) in [6.45, 7) is 3.31. The number of nitrogens with zero attached hydrogens (tertiary/aromatic N) is 3. The van der Waals surface area contributed by atoms with Gasteiger partial charge in [0.2, 0.25) is 5.95 Å². The Bertz CT molecular complexity index is 969. The largest absolute Gasteiger partial charge is 0.397 e. The SMILES string of the molecule is Nc1cnc(Cl)cc1-c1cc(-c2ccc(CN3CCCCC3)cc2)cnc1F. The summed E-state index contributed by atoms with van der Waals surface area (Å²) in [4.78, 5) is 10.3. The number of nitrogen functional groups attached to an aromatic ring is 1. The summed E-state index contributed by atoms with van der Waals surface area (Å²) in [6, 6.07) is 11.7. The minimum absolute atomic E-state index is 0.260. The van der Waals surface area contributed by atoms with Crippen molar-refractivity contribution < 1.29 is 4.39 Å². The Kier molecular flexibility index (Phi) is 5.55. The second-order valence-electron chi connectivity index (χ2n) is 7.19. The van der Waals surface area contributed by atoms with E-state index in [0.717, 1.165) is 17.7 Å². The molecule has 1 aliphatic rings. The second kappa shape index (κ2) is 8.25. The summed E-state index contributed by atoms with van der Waals surface area (Å²) in [5.74, 6) is -0.584. The van der Waals surface area contributed by atoms with Crippen LogP contribution in [0.3, 0.4) is 0 Å². The van der Waals surface area contributed by atoms with Crippen molar-refractivity contribution >= 4 is 17.3 Å². The zero-order valence-corrected chi connectivity index (χ0v) is 16.3. The molecule has 4 nitrogen and oxygen atoms in total. The third kappa shape index (κ3) is 4.16. The fraction of sp³-hybridized carbons (Fsp3) is 0.273. The van der Waals surface area contributed by atoms with Crippen molar-refractivity contribution in [3.63, 3.8) is 0 Å². The van der Waals surface area contributed by atoms with Gasteiger partial charge in [-0.2, -0.15) is 4.39 Å². The van der Waals surface area contributed by atoms with Crippen LogP contribution in [0, 0.1) is 5.95 Å². The fourth-order valence-electron chi connectivity index (χ4n) is 3.65. The Hall–Kier alpha value is -2.50. The fourth-order valence-corrected chi connectivity index (χ4v) is 3.80. The van der Waals surface area contributed by atoms with Crippen LogP contribution < -0.4 is 5.73 Å². The lowest BCUT2D eigenvalue weighted by Crippen LogP contribution is -2.28. The van der Waals surface area contributed by atoms with Gasteiger partial charge in [-0.15, -0.1) is 0 Å². The number of rotatable bonds is 4. The van der Waals surface area contributed by atoms with Crippen molar-refractivity contribution in [2.24, 2.45) is 0 Å². The number of nitrogens with two attached hydrogens (primary N) is 1. The van der Waals surface area contributed by atoms with Gasteiger partial charge in [-0.1, -0.05) is 42.3 Å². The highest BCUT2D eigenvalue weighted by Crippen LogP contribution is 2.32. The van der Waals surface area contributed by atoms with Crippen LogP contribution in [-0.4, -0.2) is 28.0 Å². The number of piperidine rings is 1. The molecule has 0 aliphatic carbocycles. The maximum absolute atomic E-state index is 14.4. The van der Waals surface area contributed by atoms with E-state index >= 15 is 0 Å². The molecule has 1 aromatic carbocycles. The molecule has 28 heavy (non-hydrogen) atoms. The van der Waals surface area contributed by atoms with Gasteiger partial charge in [-0.25, -0.2) is 9.97 Å². The predicted molar refractivity (Wildman–Crippen MR) is 111 cm³/mol. The first-order valence-corrected chi connectivity index (χ1v) is 9.86. The van der Waals surface area contributed by atoms with E-state index in [1.165, 1.54) is 50.3 Å². The molecule has 3 heterocycles. The summed E-state index contributed by atoms with van der Waals surface area (Å²) in [5.41, 5.74) is 10.2. The van der Waals surface area contributed by atoms with Gasteiger partial charge in [0, 0.05) is 29.4 Å². The normalized spacial score (nSPS) is 14.9. The van der Waals surface area contributed by atoms with Crippen molar-refractivity contribution in [3.8, 4) is 22.3 Å². The average molecular weight is 397 g/mol. The maximum Gasteiger partial charge on any atom is 0.220 e. The first-order chi connectivity index (χ1) is 13.6. The first-order valence-electron chi connectivity index (χ1n) is 9.49. The van der Waals surface area contributed by atoms with Crippen molar-refractivity contribution in [2.75, 3.05) is 18.8 Å². The van der Waals surface area contributed by atoms with Crippen LogP contribution in [-0.2, 0) is 6.54 Å². The number of hydrogen-bond acceptors (Lipinski definition) is 4. The van der Waals surface area contributed by atoms with E-state index in [0.29, 0.717) is 16.8 Å². The molecule has 0 amide bonds. The highest BCUT2D eigenvalue weighted by Gasteiger charge is 2.14. The molecule has 4 rings (SSSR count). The van der Waals surface area contributed by atoms with E-state index < -0.39 is 5.95 Å². The minimum atomic E-state index is -0.584. The van der Waals surface area contributed by atoms with Gasteiger partial charge in [0.05, 0.1) is 11.9 Å². The molecule has 1 saturated heterocycles. The molecule has 6 heteroatoms. The summed E-state index contributed by atoms with van der Waals surface area (Å²) < 4.78 is 14.4. The van der Waals surface area contributed by atoms with E-state index in [-0.39, 0.29) is 5.15 Å².